The highest BCUT2D eigenvalue weighted by Gasteiger charge is 2.55. The lowest BCUT2D eigenvalue weighted by atomic mass is 9.90. The molecule has 0 saturated carbocycles. The molecule has 12 nitrogen and oxygen atoms in total. The molecule has 3 aliphatic heterocycles. The number of carbonyl (C=O) groups is 4. The van der Waals surface area contributed by atoms with Gasteiger partial charge in [0.2, 0.25) is 5.91 Å². The van der Waals surface area contributed by atoms with Crippen molar-refractivity contribution in [1.82, 2.24) is 20.5 Å². The number of halogens is 3. The van der Waals surface area contributed by atoms with E-state index in [2.05, 4.69) is 20.8 Å². The summed E-state index contributed by atoms with van der Waals surface area (Å²) in [4.78, 5) is 53.8. The van der Waals surface area contributed by atoms with Crippen LogP contribution < -0.4 is 16.4 Å². The number of carboxylic acid groups (broad SMARTS) is 1. The Hall–Kier alpha value is -3.60. The Bertz CT molecular complexity index is 1240. The molecule has 1 aromatic rings. The molecule has 0 unspecified atom stereocenters. The van der Waals surface area contributed by atoms with Gasteiger partial charge in [-0.05, 0) is 11.1 Å². The number of allylic oxidation sites excluding steroid dienone is 1. The minimum Gasteiger partial charge on any atom is -0.477 e. The lowest BCUT2D eigenvalue weighted by Crippen LogP contribution is -2.71. The van der Waals surface area contributed by atoms with Gasteiger partial charge in [0.25, 0.3) is 11.8 Å². The van der Waals surface area contributed by atoms with Gasteiger partial charge >= 0.3 is 12.1 Å². The molecule has 2 fully saturated rings. The number of hydrogen-bond acceptors (Lipinski definition) is 10. The van der Waals surface area contributed by atoms with Crippen molar-refractivity contribution in [3.63, 3.8) is 0 Å². The fourth-order valence-corrected chi connectivity index (χ4v) is 5.69. The highest BCUT2D eigenvalue weighted by Crippen LogP contribution is 2.45. The first kappa shape index (κ1) is 24.5. The number of nitrogens with zero attached hydrogens (tertiary/aromatic N) is 3. The van der Waals surface area contributed by atoms with Gasteiger partial charge in [0.1, 0.15) is 22.8 Å². The largest absolute Gasteiger partial charge is 0.477 e. The van der Waals surface area contributed by atoms with Crippen LogP contribution in [0.3, 0.4) is 0 Å². The quantitative estimate of drug-likeness (QED) is 0.111. The number of anilines is 1. The molecule has 0 aromatic carbocycles. The molecule has 2 atom stereocenters. The number of nitrogen functional groups attached to an aromatic ring is 1. The van der Waals surface area contributed by atoms with Gasteiger partial charge in [-0.2, -0.15) is 13.2 Å². The molecule has 4 rings (SSSR count). The first-order chi connectivity index (χ1) is 16.4. The third-order valence-corrected chi connectivity index (χ3v) is 7.30. The zero-order valence-corrected chi connectivity index (χ0v) is 18.9. The van der Waals surface area contributed by atoms with Gasteiger partial charge in [-0.1, -0.05) is 5.16 Å². The van der Waals surface area contributed by atoms with Crippen LogP contribution >= 0.6 is 23.1 Å². The highest BCUT2D eigenvalue weighted by molar-refractivity contribution is 8.00. The number of nitrogens with two attached hydrogens (primary N) is 1. The minimum atomic E-state index is -4.73. The Morgan fingerprint density at radius 1 is 1.37 bits per heavy atom. The van der Waals surface area contributed by atoms with Crippen LogP contribution in [-0.4, -0.2) is 79.5 Å². The molecule has 6 N–H and O–H groups in total. The molecule has 0 bridgehead atoms. The number of amides is 3. The van der Waals surface area contributed by atoms with E-state index in [-0.39, 0.29) is 34.3 Å². The average Bonchev–Trinajstić information content (AvgIpc) is 3.19. The summed E-state index contributed by atoms with van der Waals surface area (Å²) >= 11 is 1.90. The van der Waals surface area contributed by atoms with E-state index in [1.165, 1.54) is 5.38 Å². The van der Waals surface area contributed by atoms with Crippen LogP contribution in [0.1, 0.15) is 12.1 Å². The van der Waals surface area contributed by atoms with Crippen molar-refractivity contribution in [2.24, 2.45) is 5.16 Å². The van der Waals surface area contributed by atoms with Crippen molar-refractivity contribution in [3.05, 3.63) is 33.5 Å². The molecule has 0 spiro atoms. The number of rotatable bonds is 6. The second kappa shape index (κ2) is 8.88. The Kier molecular flexibility index (Phi) is 6.22. The maximum absolute atomic E-state index is 13.2. The summed E-state index contributed by atoms with van der Waals surface area (Å²) < 4.78 is 39.7. The summed E-state index contributed by atoms with van der Waals surface area (Å²) in [5.74, 6) is -4.54. The number of hydrogen-bond donors (Lipinski definition) is 5. The van der Waals surface area contributed by atoms with E-state index in [1.807, 2.05) is 0 Å². The molecule has 0 aliphatic carbocycles. The van der Waals surface area contributed by atoms with Crippen LogP contribution in [0.2, 0.25) is 0 Å². The van der Waals surface area contributed by atoms with Gasteiger partial charge in [0.05, 0.1) is 6.42 Å². The monoisotopic (exact) mass is 532 g/mol. The summed E-state index contributed by atoms with van der Waals surface area (Å²) in [6.45, 7) is -0.161. The van der Waals surface area contributed by atoms with Crippen molar-refractivity contribution in [1.29, 1.82) is 0 Å². The number of carboxylic acids is 1. The van der Waals surface area contributed by atoms with Crippen molar-refractivity contribution < 1.29 is 42.7 Å². The second-order valence-electron chi connectivity index (χ2n) is 7.44. The van der Waals surface area contributed by atoms with E-state index in [1.54, 1.807) is 0 Å². The van der Waals surface area contributed by atoms with E-state index in [4.69, 9.17) is 5.73 Å². The smallest absolute Gasteiger partial charge is 0.393 e. The fourth-order valence-electron chi connectivity index (χ4n) is 3.76. The number of β-lactam (4-membered cyclic amide) rings is 2. The Balaban J connectivity index is 1.62. The van der Waals surface area contributed by atoms with Crippen molar-refractivity contribution >= 4 is 57.6 Å². The van der Waals surface area contributed by atoms with E-state index in [9.17, 15) is 42.7 Å². The molecular formula is C18H15F3N6O6S2. The van der Waals surface area contributed by atoms with E-state index in [0.717, 1.165) is 28.0 Å². The molecule has 4 heterocycles. The van der Waals surface area contributed by atoms with Crippen LogP contribution in [0.15, 0.2) is 33.0 Å². The zero-order chi connectivity index (χ0) is 25.7. The van der Waals surface area contributed by atoms with Gasteiger partial charge in [0.15, 0.2) is 10.8 Å². The van der Waals surface area contributed by atoms with Crippen molar-refractivity contribution in [2.45, 2.75) is 24.0 Å². The molecule has 1 aromatic heterocycles. The van der Waals surface area contributed by atoms with Crippen LogP contribution in [0.25, 0.3) is 0 Å². The SMILES string of the molecule is Nc1nc(C(=NO)C(=O)N[C@@H]2C(=O)N3C(C(=O)O)=C(C(CC(F)(F)F)=C4CNC4=O)CS[C@H]23)cs1. The summed E-state index contributed by atoms with van der Waals surface area (Å²) in [5, 5.41) is 26.9. The summed E-state index contributed by atoms with van der Waals surface area (Å²) in [7, 11) is 0. The van der Waals surface area contributed by atoms with Crippen LogP contribution in [-0.2, 0) is 19.2 Å². The molecule has 35 heavy (non-hydrogen) atoms. The number of fused-ring (bicyclic) bond motifs is 1. The van der Waals surface area contributed by atoms with Crippen molar-refractivity contribution in [3.8, 4) is 0 Å². The van der Waals surface area contributed by atoms with E-state index < -0.39 is 64.7 Å². The molecule has 186 valence electrons. The Labute approximate surface area is 201 Å². The van der Waals surface area contributed by atoms with Gasteiger partial charge in [0, 0.05) is 23.3 Å². The van der Waals surface area contributed by atoms with Gasteiger partial charge < -0.3 is 26.7 Å². The van der Waals surface area contributed by atoms with E-state index >= 15 is 0 Å². The lowest BCUT2D eigenvalue weighted by molar-refractivity contribution is -0.150. The predicted octanol–water partition coefficient (Wildman–Crippen LogP) is 0.0210. The molecule has 3 amide bonds. The van der Waals surface area contributed by atoms with Crippen LogP contribution in [0.5, 0.6) is 0 Å². The number of thiazole rings is 1. The first-order valence-corrected chi connectivity index (χ1v) is 11.6. The predicted molar refractivity (Wildman–Crippen MR) is 115 cm³/mol. The standard InChI is InChI=1S/C18H15F3N6O6S2/c19-18(20,21)1-5(6-2-23-12(6)28)7-3-34-15-10(14(30)27(15)11(7)16(31)32)25-13(29)9(26-33)8-4-35-17(22)24-8/h4,10,15,33H,1-3H2,(H2,22,24)(H,23,28)(H,25,29)(H,31,32)/t10-,15-/m1/s1. The van der Waals surface area contributed by atoms with Gasteiger partial charge in [-0.15, -0.1) is 23.1 Å². The summed E-state index contributed by atoms with van der Waals surface area (Å²) in [5.41, 5.74) is 3.27. The third-order valence-electron chi connectivity index (χ3n) is 5.34. The normalized spacial score (nSPS) is 23.7. The zero-order valence-electron chi connectivity index (χ0n) is 17.3. The number of thioether (sulfide) groups is 1. The number of oxime groups is 1. The van der Waals surface area contributed by atoms with Gasteiger partial charge in [-0.25, -0.2) is 9.78 Å². The molecule has 0 radical (unpaired) electrons. The third kappa shape index (κ3) is 4.43. The minimum absolute atomic E-state index is 0.0528. The van der Waals surface area contributed by atoms with Gasteiger partial charge in [-0.3, -0.25) is 19.3 Å². The molecular weight excluding hydrogens is 517 g/mol. The fraction of sp³-hybridized carbons (Fsp3) is 0.333. The highest BCUT2D eigenvalue weighted by atomic mass is 32.2. The second-order valence-corrected chi connectivity index (χ2v) is 9.44. The van der Waals surface area contributed by atoms with Crippen LogP contribution in [0.4, 0.5) is 18.3 Å². The maximum Gasteiger partial charge on any atom is 0.393 e. The average molecular weight is 532 g/mol. The number of alkyl halides is 3. The van der Waals surface area contributed by atoms with Crippen LogP contribution in [0, 0.1) is 0 Å². The Morgan fingerprint density at radius 2 is 2.09 bits per heavy atom. The molecule has 3 aliphatic rings. The number of aromatic nitrogens is 1. The first-order valence-electron chi connectivity index (χ1n) is 9.65. The molecule has 17 heteroatoms. The molecule has 2 saturated heterocycles. The summed E-state index contributed by atoms with van der Waals surface area (Å²) in [6, 6.07) is -1.25. The number of carbonyl (C=O) groups excluding carboxylic acids is 3. The number of nitrogens with one attached hydrogen (secondary N) is 2. The van der Waals surface area contributed by atoms with E-state index in [0.29, 0.717) is 0 Å². The maximum atomic E-state index is 13.2. The van der Waals surface area contributed by atoms with Crippen molar-refractivity contribution in [2.75, 3.05) is 18.0 Å². The lowest BCUT2D eigenvalue weighted by Gasteiger charge is -2.49. The topological polar surface area (TPSA) is 187 Å². The number of aliphatic carboxylic acids is 1. The summed E-state index contributed by atoms with van der Waals surface area (Å²) in [6.07, 6.45) is -6.27. The Morgan fingerprint density at radius 3 is 2.57 bits per heavy atom.